The lowest BCUT2D eigenvalue weighted by atomic mass is 9.87. The summed E-state index contributed by atoms with van der Waals surface area (Å²) in [4.78, 5) is 28.8. The van der Waals surface area contributed by atoms with E-state index in [2.05, 4.69) is 0 Å². The second-order valence-electron chi connectivity index (χ2n) is 6.22. The van der Waals surface area contributed by atoms with Crippen molar-refractivity contribution >= 4 is 21.8 Å². The van der Waals surface area contributed by atoms with Crippen molar-refractivity contribution in [3.8, 4) is 0 Å². The van der Waals surface area contributed by atoms with Gasteiger partial charge in [0.1, 0.15) is 5.82 Å². The number of carbonyl (C=O) groups excluding carboxylic acids is 2. The molecule has 0 aliphatic heterocycles. The summed E-state index contributed by atoms with van der Waals surface area (Å²) < 4.78 is 38.4. The van der Waals surface area contributed by atoms with Crippen molar-refractivity contribution in [2.24, 2.45) is 5.92 Å². The summed E-state index contributed by atoms with van der Waals surface area (Å²) in [5, 5.41) is 10.6. The fraction of sp³-hybridized carbons (Fsp3) is 0.412. The number of amides is 2. The molecule has 2 amide bonds. The molecule has 8 nitrogen and oxygen atoms in total. The fourth-order valence-corrected chi connectivity index (χ4v) is 3.87. The summed E-state index contributed by atoms with van der Waals surface area (Å²) in [6.07, 6.45) is 3.07. The average Bonchev–Trinajstić information content (AvgIpc) is 2.57. The minimum atomic E-state index is -3.89. The van der Waals surface area contributed by atoms with Gasteiger partial charge in [0, 0.05) is 0 Å². The number of carbonyl (C=O) groups is 2. The first-order valence-corrected chi connectivity index (χ1v) is 9.91. The van der Waals surface area contributed by atoms with Gasteiger partial charge in [0.25, 0.3) is 11.8 Å². The molecule has 0 heterocycles. The maximum Gasteiger partial charge on any atom is 0.299 e. The third-order valence-corrected chi connectivity index (χ3v) is 5.53. The summed E-state index contributed by atoms with van der Waals surface area (Å²) in [5.74, 6) is -3.87. The molecule has 0 atom stereocenters. The van der Waals surface area contributed by atoms with Crippen molar-refractivity contribution in [2.75, 3.05) is 12.9 Å². The molecule has 148 valence electrons. The van der Waals surface area contributed by atoms with E-state index in [0.717, 1.165) is 24.3 Å². The molecule has 1 aliphatic rings. The van der Waals surface area contributed by atoms with Crippen molar-refractivity contribution in [1.29, 1.82) is 0 Å². The number of hydroxylamine groups is 2. The summed E-state index contributed by atoms with van der Waals surface area (Å²) in [6.45, 7) is -0.0685. The molecule has 1 aliphatic carbocycles. The summed E-state index contributed by atoms with van der Waals surface area (Å²) in [5.41, 5.74) is 0.548. The molecule has 2 rings (SSSR count). The third-order valence-electron chi connectivity index (χ3n) is 4.13. The number of nitrogens with zero attached hydrogens (tertiary/aromatic N) is 1. The van der Waals surface area contributed by atoms with Crippen LogP contribution in [-0.4, -0.2) is 43.3 Å². The van der Waals surface area contributed by atoms with Gasteiger partial charge in [-0.25, -0.2) is 22.6 Å². The molecule has 27 heavy (non-hydrogen) atoms. The van der Waals surface area contributed by atoms with E-state index >= 15 is 0 Å². The molecule has 1 aromatic carbocycles. The molecular formula is C17H21FN2O6S. The lowest BCUT2D eigenvalue weighted by Gasteiger charge is -2.24. The lowest BCUT2D eigenvalue weighted by Crippen LogP contribution is -2.37. The average molecular weight is 400 g/mol. The normalized spacial score (nSPS) is 15.1. The van der Waals surface area contributed by atoms with Gasteiger partial charge < -0.3 is 5.11 Å². The predicted molar refractivity (Wildman–Crippen MR) is 93.9 cm³/mol. The number of aliphatic hydroxyl groups is 1. The molecule has 0 saturated heterocycles. The summed E-state index contributed by atoms with van der Waals surface area (Å²) in [6, 6.07) is 5.30. The van der Waals surface area contributed by atoms with E-state index in [1.54, 1.807) is 4.72 Å². The highest BCUT2D eigenvalue weighted by molar-refractivity contribution is 7.90. The lowest BCUT2D eigenvalue weighted by molar-refractivity contribution is -0.173. The molecule has 0 unspecified atom stereocenters. The first-order valence-electron chi connectivity index (χ1n) is 8.25. The second kappa shape index (κ2) is 8.96. The van der Waals surface area contributed by atoms with E-state index < -0.39 is 33.4 Å². The van der Waals surface area contributed by atoms with Crippen molar-refractivity contribution in [3.63, 3.8) is 0 Å². The van der Waals surface area contributed by atoms with E-state index in [1.807, 2.05) is 0 Å². The molecule has 1 saturated carbocycles. The largest absolute Gasteiger partial charge is 0.503 e. The van der Waals surface area contributed by atoms with Crippen LogP contribution in [0.25, 0.3) is 0 Å². The zero-order chi connectivity index (χ0) is 20.0. The van der Waals surface area contributed by atoms with Crippen LogP contribution in [0.2, 0.25) is 0 Å². The Morgan fingerprint density at radius 1 is 1.33 bits per heavy atom. The van der Waals surface area contributed by atoms with Crippen LogP contribution in [-0.2, 0) is 31.0 Å². The standard InChI is InChI=1S/C17H21FN2O6S/c1-26-20(10-12-5-7-14(18)8-6-12)16(22)9-15(21)17(23)19-27(24,25)11-13-3-2-4-13/h5-9,13,21H,2-4,10-11H2,1H3,(H,19,23). The quantitative estimate of drug-likeness (QED) is 0.387. The van der Waals surface area contributed by atoms with Gasteiger partial charge >= 0.3 is 0 Å². The smallest absolute Gasteiger partial charge is 0.299 e. The van der Waals surface area contributed by atoms with Crippen LogP contribution < -0.4 is 4.72 Å². The number of rotatable bonds is 8. The molecule has 0 spiro atoms. The van der Waals surface area contributed by atoms with Crippen LogP contribution in [0, 0.1) is 11.7 Å². The summed E-state index contributed by atoms with van der Waals surface area (Å²) in [7, 11) is -2.69. The monoisotopic (exact) mass is 400 g/mol. The Morgan fingerprint density at radius 3 is 2.48 bits per heavy atom. The predicted octanol–water partition coefficient (Wildman–Crippen LogP) is 1.40. The van der Waals surface area contributed by atoms with Crippen LogP contribution in [0.3, 0.4) is 0 Å². The zero-order valence-corrected chi connectivity index (χ0v) is 15.5. The fourth-order valence-electron chi connectivity index (χ4n) is 2.45. The Kier molecular flexibility index (Phi) is 6.92. The van der Waals surface area contributed by atoms with E-state index in [1.165, 1.54) is 31.4 Å². The van der Waals surface area contributed by atoms with Gasteiger partial charge in [0.2, 0.25) is 10.0 Å². The molecule has 0 aromatic heterocycles. The number of halogens is 1. The van der Waals surface area contributed by atoms with Crippen molar-refractivity contribution in [1.82, 2.24) is 9.79 Å². The van der Waals surface area contributed by atoms with Gasteiger partial charge in [-0.2, -0.15) is 0 Å². The van der Waals surface area contributed by atoms with Gasteiger partial charge in [0.15, 0.2) is 5.76 Å². The topological polar surface area (TPSA) is 113 Å². The molecule has 0 radical (unpaired) electrons. The van der Waals surface area contributed by atoms with Crippen molar-refractivity contribution in [2.45, 2.75) is 25.8 Å². The van der Waals surface area contributed by atoms with E-state index in [0.29, 0.717) is 11.6 Å². The van der Waals surface area contributed by atoms with Gasteiger partial charge in [-0.15, -0.1) is 0 Å². The first kappa shape index (κ1) is 20.8. The van der Waals surface area contributed by atoms with Crippen LogP contribution >= 0.6 is 0 Å². The highest BCUT2D eigenvalue weighted by Gasteiger charge is 2.27. The van der Waals surface area contributed by atoms with Gasteiger partial charge in [-0.3, -0.25) is 14.4 Å². The van der Waals surface area contributed by atoms with Crippen molar-refractivity contribution < 1.29 is 32.3 Å². The first-order chi connectivity index (χ1) is 12.7. The molecular weight excluding hydrogens is 379 g/mol. The Labute approximate surface area is 156 Å². The Balaban J connectivity index is 1.97. The molecule has 1 fully saturated rings. The number of benzene rings is 1. The Morgan fingerprint density at radius 2 is 1.96 bits per heavy atom. The van der Waals surface area contributed by atoms with Gasteiger partial charge in [0.05, 0.1) is 25.5 Å². The van der Waals surface area contributed by atoms with E-state index in [-0.39, 0.29) is 18.2 Å². The maximum absolute atomic E-state index is 12.9. The maximum atomic E-state index is 12.9. The number of aliphatic hydroxyl groups excluding tert-OH is 1. The highest BCUT2D eigenvalue weighted by atomic mass is 32.2. The zero-order valence-electron chi connectivity index (χ0n) is 14.7. The summed E-state index contributed by atoms with van der Waals surface area (Å²) >= 11 is 0. The number of sulfonamides is 1. The van der Waals surface area contributed by atoms with E-state index in [4.69, 9.17) is 4.84 Å². The molecule has 0 bridgehead atoms. The van der Waals surface area contributed by atoms with Gasteiger partial charge in [-0.05, 0) is 36.5 Å². The SMILES string of the molecule is CON(Cc1ccc(F)cc1)C(=O)C=C(O)C(=O)NS(=O)(=O)CC1CCC1. The van der Waals surface area contributed by atoms with Gasteiger partial charge in [-0.1, -0.05) is 18.6 Å². The number of hydrogen-bond acceptors (Lipinski definition) is 6. The van der Waals surface area contributed by atoms with Crippen LogP contribution in [0.5, 0.6) is 0 Å². The Hall–Kier alpha value is -2.46. The molecule has 2 N–H and O–H groups in total. The van der Waals surface area contributed by atoms with Crippen LogP contribution in [0.1, 0.15) is 24.8 Å². The van der Waals surface area contributed by atoms with Crippen LogP contribution in [0.15, 0.2) is 36.1 Å². The molecule has 10 heteroatoms. The third kappa shape index (κ3) is 6.33. The second-order valence-corrected chi connectivity index (χ2v) is 7.99. The van der Waals surface area contributed by atoms with Crippen LogP contribution in [0.4, 0.5) is 4.39 Å². The van der Waals surface area contributed by atoms with E-state index in [9.17, 15) is 27.5 Å². The number of nitrogens with one attached hydrogen (secondary N) is 1. The number of hydrogen-bond donors (Lipinski definition) is 2. The molecule has 1 aromatic rings. The Bertz CT molecular complexity index is 818. The minimum Gasteiger partial charge on any atom is -0.503 e. The minimum absolute atomic E-state index is 0.00254. The highest BCUT2D eigenvalue weighted by Crippen LogP contribution is 2.27. The van der Waals surface area contributed by atoms with Crippen molar-refractivity contribution in [3.05, 3.63) is 47.5 Å².